The Morgan fingerprint density at radius 1 is 1.36 bits per heavy atom. The van der Waals surface area contributed by atoms with Crippen molar-refractivity contribution in [1.82, 2.24) is 4.98 Å². The molecule has 0 radical (unpaired) electrons. The van der Waals surface area contributed by atoms with E-state index < -0.39 is 6.09 Å². The van der Waals surface area contributed by atoms with Crippen molar-refractivity contribution in [2.75, 3.05) is 30.5 Å². The number of carbonyl (C=O) groups excluding carboxylic acids is 2. The van der Waals surface area contributed by atoms with E-state index in [0.717, 1.165) is 0 Å². The van der Waals surface area contributed by atoms with Crippen molar-refractivity contribution in [3.63, 3.8) is 0 Å². The minimum atomic E-state index is -0.409. The van der Waals surface area contributed by atoms with Crippen molar-refractivity contribution in [2.24, 2.45) is 0 Å². The first-order chi connectivity index (χ1) is 12.2. The Kier molecular flexibility index (Phi) is 4.94. The first kappa shape index (κ1) is 16.5. The average Bonchev–Trinajstić information content (AvgIpc) is 3.06. The Bertz CT molecular complexity index is 805. The van der Waals surface area contributed by atoms with Crippen LogP contribution in [0, 0.1) is 0 Å². The van der Waals surface area contributed by atoms with Gasteiger partial charge >= 0.3 is 6.09 Å². The molecule has 7 heteroatoms. The molecule has 25 heavy (non-hydrogen) atoms. The van der Waals surface area contributed by atoms with Crippen molar-refractivity contribution in [3.8, 4) is 5.75 Å². The molecule has 0 unspecified atom stereocenters. The Balaban J connectivity index is 1.71. The summed E-state index contributed by atoms with van der Waals surface area (Å²) in [6, 6.07) is 10.5. The van der Waals surface area contributed by atoms with E-state index in [4.69, 9.17) is 9.47 Å². The van der Waals surface area contributed by atoms with E-state index in [9.17, 15) is 9.59 Å². The van der Waals surface area contributed by atoms with Crippen LogP contribution in [0.15, 0.2) is 48.7 Å². The highest BCUT2D eigenvalue weighted by atomic mass is 16.6. The Morgan fingerprint density at radius 3 is 2.92 bits per heavy atom. The van der Waals surface area contributed by atoms with Gasteiger partial charge < -0.3 is 14.8 Å². The predicted octanol–water partition coefficient (Wildman–Crippen LogP) is 2.70. The van der Waals surface area contributed by atoms with E-state index in [1.54, 1.807) is 42.6 Å². The highest BCUT2D eigenvalue weighted by Gasteiger charge is 2.26. The van der Waals surface area contributed by atoms with E-state index in [-0.39, 0.29) is 5.91 Å². The topological polar surface area (TPSA) is 80.8 Å². The molecular weight excluding hydrogens is 322 g/mol. The first-order valence-corrected chi connectivity index (χ1v) is 7.70. The van der Waals surface area contributed by atoms with Gasteiger partial charge in [-0.25, -0.2) is 4.79 Å². The van der Waals surface area contributed by atoms with Crippen LogP contribution in [0.3, 0.4) is 0 Å². The normalized spacial score (nSPS) is 13.8. The fourth-order valence-corrected chi connectivity index (χ4v) is 2.41. The third-order valence-corrected chi connectivity index (χ3v) is 3.59. The van der Waals surface area contributed by atoms with Crippen LogP contribution in [0.25, 0.3) is 6.08 Å². The SMILES string of the molecule is COc1cc(NC(=O)/C=C/c2ccccn2)ccc1N1CCOC1=O. The summed E-state index contributed by atoms with van der Waals surface area (Å²) in [5.41, 5.74) is 1.86. The van der Waals surface area contributed by atoms with Gasteiger partial charge in [0, 0.05) is 24.0 Å². The fourth-order valence-electron chi connectivity index (χ4n) is 2.41. The summed E-state index contributed by atoms with van der Waals surface area (Å²) >= 11 is 0. The molecule has 0 saturated carbocycles. The van der Waals surface area contributed by atoms with Gasteiger partial charge in [-0.15, -0.1) is 0 Å². The van der Waals surface area contributed by atoms with Crippen LogP contribution in [0.4, 0.5) is 16.2 Å². The molecule has 0 spiro atoms. The minimum Gasteiger partial charge on any atom is -0.494 e. The zero-order valence-corrected chi connectivity index (χ0v) is 13.6. The van der Waals surface area contributed by atoms with Gasteiger partial charge in [0.05, 0.1) is 25.0 Å². The standard InChI is InChI=1S/C18H17N3O4/c1-24-16-12-14(5-7-15(16)21-10-11-25-18(21)23)20-17(22)8-6-13-4-2-3-9-19-13/h2-9,12H,10-11H2,1H3,(H,20,22)/b8-6+. The number of nitrogens with one attached hydrogen (secondary N) is 1. The van der Waals surface area contributed by atoms with Gasteiger partial charge in [0.2, 0.25) is 5.91 Å². The van der Waals surface area contributed by atoms with Crippen molar-refractivity contribution in [3.05, 3.63) is 54.4 Å². The van der Waals surface area contributed by atoms with Crippen molar-refractivity contribution >= 4 is 29.5 Å². The van der Waals surface area contributed by atoms with Crippen LogP contribution in [-0.2, 0) is 9.53 Å². The van der Waals surface area contributed by atoms with E-state index in [1.807, 2.05) is 6.07 Å². The minimum absolute atomic E-state index is 0.291. The van der Waals surface area contributed by atoms with E-state index in [1.165, 1.54) is 18.1 Å². The number of carbonyl (C=O) groups is 2. The summed E-state index contributed by atoms with van der Waals surface area (Å²) in [4.78, 5) is 29.3. The van der Waals surface area contributed by atoms with Crippen molar-refractivity contribution in [1.29, 1.82) is 0 Å². The second kappa shape index (κ2) is 7.48. The zero-order chi connectivity index (χ0) is 17.6. The number of hydrogen-bond acceptors (Lipinski definition) is 5. The first-order valence-electron chi connectivity index (χ1n) is 7.70. The van der Waals surface area contributed by atoms with E-state index in [0.29, 0.717) is 36.0 Å². The predicted molar refractivity (Wildman–Crippen MR) is 93.6 cm³/mol. The molecular formula is C18H17N3O4. The smallest absolute Gasteiger partial charge is 0.414 e. The number of pyridine rings is 1. The highest BCUT2D eigenvalue weighted by molar-refractivity contribution is 6.02. The van der Waals surface area contributed by atoms with E-state index in [2.05, 4.69) is 10.3 Å². The molecule has 0 atom stereocenters. The molecule has 1 aromatic heterocycles. The molecule has 2 heterocycles. The number of cyclic esters (lactones) is 1. The lowest BCUT2D eigenvalue weighted by atomic mass is 10.2. The van der Waals surface area contributed by atoms with Crippen LogP contribution in [-0.4, -0.2) is 37.2 Å². The van der Waals surface area contributed by atoms with Gasteiger partial charge in [-0.05, 0) is 30.3 Å². The van der Waals surface area contributed by atoms with E-state index >= 15 is 0 Å². The summed E-state index contributed by atoms with van der Waals surface area (Å²) in [5, 5.41) is 2.75. The number of methoxy groups -OCH3 is 1. The quantitative estimate of drug-likeness (QED) is 0.847. The second-order valence-corrected chi connectivity index (χ2v) is 5.23. The number of aromatic nitrogens is 1. The highest BCUT2D eigenvalue weighted by Crippen LogP contribution is 2.32. The fraction of sp³-hybridized carbons (Fsp3) is 0.167. The number of nitrogens with zero attached hydrogens (tertiary/aromatic N) is 2. The van der Waals surface area contributed by atoms with Gasteiger partial charge in [0.1, 0.15) is 12.4 Å². The lowest BCUT2D eigenvalue weighted by molar-refractivity contribution is -0.111. The number of amides is 2. The molecule has 128 valence electrons. The Labute approximate surface area is 144 Å². The number of rotatable bonds is 5. The third-order valence-electron chi connectivity index (χ3n) is 3.59. The summed E-state index contributed by atoms with van der Waals surface area (Å²) < 4.78 is 10.3. The maximum atomic E-state index is 12.0. The lowest BCUT2D eigenvalue weighted by Gasteiger charge is -2.17. The monoisotopic (exact) mass is 339 g/mol. The van der Waals surface area contributed by atoms with Crippen LogP contribution in [0.2, 0.25) is 0 Å². The van der Waals surface area contributed by atoms with Gasteiger partial charge in [0.15, 0.2) is 0 Å². The second-order valence-electron chi connectivity index (χ2n) is 5.23. The molecule has 2 aromatic rings. The Hall–Kier alpha value is -3.35. The molecule has 0 aliphatic carbocycles. The molecule has 1 fully saturated rings. The zero-order valence-electron chi connectivity index (χ0n) is 13.6. The van der Waals surface area contributed by atoms with Gasteiger partial charge in [-0.1, -0.05) is 6.07 Å². The summed E-state index contributed by atoms with van der Waals surface area (Å²) in [6.07, 6.45) is 4.28. The number of benzene rings is 1. The molecule has 0 bridgehead atoms. The maximum Gasteiger partial charge on any atom is 0.414 e. The maximum absolute atomic E-state index is 12.0. The summed E-state index contributed by atoms with van der Waals surface area (Å²) in [6.45, 7) is 0.812. The molecule has 2 amide bonds. The molecule has 1 N–H and O–H groups in total. The number of hydrogen-bond donors (Lipinski definition) is 1. The van der Waals surface area contributed by atoms with Crippen molar-refractivity contribution in [2.45, 2.75) is 0 Å². The van der Waals surface area contributed by atoms with Gasteiger partial charge in [0.25, 0.3) is 0 Å². The Morgan fingerprint density at radius 2 is 2.24 bits per heavy atom. The molecule has 1 aliphatic rings. The third kappa shape index (κ3) is 3.95. The number of anilines is 2. The summed E-state index contributed by atoms with van der Waals surface area (Å²) in [7, 11) is 1.51. The lowest BCUT2D eigenvalue weighted by Crippen LogP contribution is -2.23. The summed E-state index contributed by atoms with van der Waals surface area (Å²) in [5.74, 6) is 0.186. The van der Waals surface area contributed by atoms with Gasteiger partial charge in [-0.3, -0.25) is 14.7 Å². The number of ether oxygens (including phenoxy) is 2. The molecule has 1 aliphatic heterocycles. The largest absolute Gasteiger partial charge is 0.494 e. The van der Waals surface area contributed by atoms with Crippen LogP contribution < -0.4 is 15.0 Å². The van der Waals surface area contributed by atoms with Gasteiger partial charge in [-0.2, -0.15) is 0 Å². The molecule has 7 nitrogen and oxygen atoms in total. The molecule has 3 rings (SSSR count). The van der Waals surface area contributed by atoms with Crippen LogP contribution in [0.1, 0.15) is 5.69 Å². The average molecular weight is 339 g/mol. The van der Waals surface area contributed by atoms with Crippen molar-refractivity contribution < 1.29 is 19.1 Å². The van der Waals surface area contributed by atoms with Crippen LogP contribution >= 0.6 is 0 Å². The molecule has 1 saturated heterocycles. The van der Waals surface area contributed by atoms with Crippen LogP contribution in [0.5, 0.6) is 5.75 Å². The molecule has 1 aromatic carbocycles.